The molecule has 0 bridgehead atoms. The Balaban J connectivity index is 1.44. The quantitative estimate of drug-likeness (QED) is 0.524. The van der Waals surface area contributed by atoms with Crippen molar-refractivity contribution in [1.82, 2.24) is 15.1 Å². The molecule has 1 aliphatic carbocycles. The van der Waals surface area contributed by atoms with E-state index in [-0.39, 0.29) is 17.6 Å². The summed E-state index contributed by atoms with van der Waals surface area (Å²) in [6.45, 7) is 5.67. The second kappa shape index (κ2) is 10.2. The molecule has 7 nitrogen and oxygen atoms in total. The summed E-state index contributed by atoms with van der Waals surface area (Å²) in [7, 11) is 0. The maximum atomic E-state index is 12.5. The highest BCUT2D eigenvalue weighted by molar-refractivity contribution is 7.80. The number of rotatable bonds is 5. The lowest BCUT2D eigenvalue weighted by molar-refractivity contribution is -0.132. The third-order valence-corrected chi connectivity index (χ3v) is 6.10. The number of benzene rings is 1. The molecular weight excluding hydrogens is 404 g/mol. The van der Waals surface area contributed by atoms with Crippen LogP contribution >= 0.6 is 24.4 Å². The van der Waals surface area contributed by atoms with Gasteiger partial charge in [0.05, 0.1) is 6.54 Å². The lowest BCUT2D eigenvalue weighted by atomic mass is 10.1. The second-order valence-electron chi connectivity index (χ2n) is 7.63. The van der Waals surface area contributed by atoms with Gasteiger partial charge in [0.2, 0.25) is 5.91 Å². The van der Waals surface area contributed by atoms with Crippen LogP contribution in [0.4, 0.5) is 11.4 Å². The number of nitrogens with one attached hydrogen (secondary N) is 3. The van der Waals surface area contributed by atoms with Gasteiger partial charge in [-0.2, -0.15) is 0 Å². The molecule has 5 N–H and O–H groups in total. The Morgan fingerprint density at radius 3 is 2.34 bits per heavy atom. The predicted octanol–water partition coefficient (Wildman–Crippen LogP) is 2.02. The molecule has 1 aromatic rings. The van der Waals surface area contributed by atoms with Gasteiger partial charge in [-0.25, -0.2) is 0 Å². The molecule has 2 aliphatic rings. The van der Waals surface area contributed by atoms with Crippen LogP contribution in [0.5, 0.6) is 0 Å². The minimum Gasteiger partial charge on any atom is -0.376 e. The molecular formula is C20H30N6OS2. The molecule has 2 fully saturated rings. The molecule has 0 unspecified atom stereocenters. The zero-order valence-corrected chi connectivity index (χ0v) is 18.5. The van der Waals surface area contributed by atoms with Crippen molar-refractivity contribution in [1.29, 1.82) is 0 Å². The second-order valence-corrected chi connectivity index (χ2v) is 8.48. The average molecular weight is 435 g/mol. The Morgan fingerprint density at radius 1 is 1.10 bits per heavy atom. The molecule has 29 heavy (non-hydrogen) atoms. The minimum absolute atomic E-state index is 0.0841. The first kappa shape index (κ1) is 21.7. The van der Waals surface area contributed by atoms with E-state index in [0.717, 1.165) is 49.2 Å². The summed E-state index contributed by atoms with van der Waals surface area (Å²) < 4.78 is 0. The van der Waals surface area contributed by atoms with E-state index in [0.29, 0.717) is 5.11 Å². The van der Waals surface area contributed by atoms with Crippen molar-refractivity contribution in [3.8, 4) is 0 Å². The van der Waals surface area contributed by atoms with Crippen LogP contribution in [0.1, 0.15) is 31.2 Å². The summed E-state index contributed by atoms with van der Waals surface area (Å²) in [4.78, 5) is 17.0. The first-order valence-corrected chi connectivity index (χ1v) is 11.0. The van der Waals surface area contributed by atoms with E-state index in [2.05, 4.69) is 20.9 Å². The van der Waals surface area contributed by atoms with Crippen LogP contribution in [0.25, 0.3) is 0 Å². The van der Waals surface area contributed by atoms with Gasteiger partial charge in [0.15, 0.2) is 10.2 Å². The van der Waals surface area contributed by atoms with E-state index in [4.69, 9.17) is 30.2 Å². The fourth-order valence-electron chi connectivity index (χ4n) is 4.08. The monoisotopic (exact) mass is 434 g/mol. The fourth-order valence-corrected chi connectivity index (χ4v) is 4.37. The van der Waals surface area contributed by atoms with E-state index in [9.17, 15) is 4.79 Å². The number of hydrogen-bond acceptors (Lipinski definition) is 4. The Bertz CT molecular complexity index is 757. The maximum Gasteiger partial charge on any atom is 0.242 e. The summed E-state index contributed by atoms with van der Waals surface area (Å²) >= 11 is 10.3. The van der Waals surface area contributed by atoms with Crippen molar-refractivity contribution in [2.45, 2.75) is 38.6 Å². The summed E-state index contributed by atoms with van der Waals surface area (Å²) in [5.74, 6) is 0.0841. The molecule has 1 amide bonds. The normalized spacial score (nSPS) is 17.8. The molecule has 0 spiro atoms. The lowest BCUT2D eigenvalue weighted by Crippen LogP contribution is -2.53. The smallest absolute Gasteiger partial charge is 0.242 e. The highest BCUT2D eigenvalue weighted by Crippen LogP contribution is 2.24. The topological polar surface area (TPSA) is 85.7 Å². The van der Waals surface area contributed by atoms with Crippen LogP contribution in [0.3, 0.4) is 0 Å². The molecule has 9 heteroatoms. The van der Waals surface area contributed by atoms with Gasteiger partial charge >= 0.3 is 0 Å². The predicted molar refractivity (Wildman–Crippen MR) is 126 cm³/mol. The van der Waals surface area contributed by atoms with Gasteiger partial charge in [0.25, 0.3) is 0 Å². The molecule has 1 aromatic carbocycles. The Kier molecular flexibility index (Phi) is 7.63. The molecule has 158 valence electrons. The van der Waals surface area contributed by atoms with Crippen molar-refractivity contribution in [3.05, 3.63) is 23.8 Å². The number of anilines is 2. The van der Waals surface area contributed by atoms with Gasteiger partial charge < -0.3 is 26.6 Å². The van der Waals surface area contributed by atoms with Gasteiger partial charge in [0, 0.05) is 43.6 Å². The third-order valence-electron chi connectivity index (χ3n) is 5.75. The number of amides is 1. The molecule has 0 atom stereocenters. The van der Waals surface area contributed by atoms with E-state index in [1.165, 1.54) is 25.7 Å². The van der Waals surface area contributed by atoms with Crippen LogP contribution < -0.4 is 21.7 Å². The van der Waals surface area contributed by atoms with E-state index < -0.39 is 0 Å². The first-order chi connectivity index (χ1) is 13.9. The van der Waals surface area contributed by atoms with Gasteiger partial charge in [-0.1, -0.05) is 18.9 Å². The number of piperazine rings is 1. The SMILES string of the molecule is Cc1c(NC(N)=S)cccc1NC(=S)NCC(=O)N1CCN(C2CCCC2)CC1. The summed E-state index contributed by atoms with van der Waals surface area (Å²) in [5.41, 5.74) is 8.16. The Morgan fingerprint density at radius 2 is 1.72 bits per heavy atom. The number of carbonyl (C=O) groups is 1. The average Bonchev–Trinajstić information content (AvgIpc) is 3.24. The van der Waals surface area contributed by atoms with Gasteiger partial charge in [-0.15, -0.1) is 0 Å². The van der Waals surface area contributed by atoms with Crippen molar-refractivity contribution in [2.75, 3.05) is 43.4 Å². The zero-order valence-electron chi connectivity index (χ0n) is 16.9. The number of hydrogen-bond donors (Lipinski definition) is 4. The van der Waals surface area contributed by atoms with Crippen LogP contribution in [-0.2, 0) is 4.79 Å². The standard InChI is InChI=1S/C20H30N6OS2/c1-14-16(23-19(21)28)7-4-8-17(14)24-20(29)22-13-18(27)26-11-9-25(10-12-26)15-5-2-3-6-15/h4,7-8,15H,2-3,5-6,9-13H2,1H3,(H3,21,23,28)(H2,22,24,29). The molecule has 0 aromatic heterocycles. The number of thiocarbonyl (C=S) groups is 2. The minimum atomic E-state index is 0.0841. The van der Waals surface area contributed by atoms with E-state index >= 15 is 0 Å². The van der Waals surface area contributed by atoms with Crippen molar-refractivity contribution in [3.63, 3.8) is 0 Å². The highest BCUT2D eigenvalue weighted by Gasteiger charge is 2.27. The molecule has 1 saturated heterocycles. The number of nitrogens with two attached hydrogens (primary N) is 1. The zero-order chi connectivity index (χ0) is 20.8. The summed E-state index contributed by atoms with van der Waals surface area (Å²) in [6.07, 6.45) is 5.30. The fraction of sp³-hybridized carbons (Fsp3) is 0.550. The van der Waals surface area contributed by atoms with Crippen molar-refractivity contribution < 1.29 is 4.79 Å². The molecule has 1 aliphatic heterocycles. The van der Waals surface area contributed by atoms with Crippen LogP contribution in [0.15, 0.2) is 18.2 Å². The molecule has 3 rings (SSSR count). The molecule has 0 radical (unpaired) electrons. The lowest BCUT2D eigenvalue weighted by Gasteiger charge is -2.38. The van der Waals surface area contributed by atoms with E-state index in [1.54, 1.807) is 0 Å². The van der Waals surface area contributed by atoms with Gasteiger partial charge in [0.1, 0.15) is 0 Å². The van der Waals surface area contributed by atoms with Gasteiger partial charge in [-0.3, -0.25) is 9.69 Å². The third kappa shape index (κ3) is 6.01. The van der Waals surface area contributed by atoms with Crippen LogP contribution in [-0.4, -0.2) is 64.7 Å². The Labute approximate surface area is 183 Å². The molecule has 1 heterocycles. The maximum absolute atomic E-state index is 12.5. The highest BCUT2D eigenvalue weighted by atomic mass is 32.1. The van der Waals surface area contributed by atoms with Crippen LogP contribution in [0, 0.1) is 6.92 Å². The van der Waals surface area contributed by atoms with Crippen molar-refractivity contribution in [2.24, 2.45) is 5.73 Å². The van der Waals surface area contributed by atoms with Crippen molar-refractivity contribution >= 4 is 51.9 Å². The summed E-state index contributed by atoms with van der Waals surface area (Å²) in [5, 5.41) is 9.74. The number of nitrogens with zero attached hydrogens (tertiary/aromatic N) is 2. The first-order valence-electron chi connectivity index (χ1n) is 10.2. The van der Waals surface area contributed by atoms with E-state index in [1.807, 2.05) is 30.0 Å². The molecule has 1 saturated carbocycles. The number of carbonyl (C=O) groups excluding carboxylic acids is 1. The Hall–Kier alpha value is -1.97. The summed E-state index contributed by atoms with van der Waals surface area (Å²) in [6, 6.07) is 6.42. The van der Waals surface area contributed by atoms with Crippen LogP contribution in [0.2, 0.25) is 0 Å². The largest absolute Gasteiger partial charge is 0.376 e. The van der Waals surface area contributed by atoms with Gasteiger partial charge in [-0.05, 0) is 61.9 Å².